The lowest BCUT2D eigenvalue weighted by Crippen LogP contribution is -2.21. The summed E-state index contributed by atoms with van der Waals surface area (Å²) >= 11 is 0. The minimum atomic E-state index is -0.103. The fraction of sp³-hybridized carbons (Fsp3) is 0.143. The summed E-state index contributed by atoms with van der Waals surface area (Å²) in [4.78, 5) is 12.1. The Hall–Kier alpha value is -2.36. The van der Waals surface area contributed by atoms with E-state index in [-0.39, 0.29) is 5.69 Å². The van der Waals surface area contributed by atoms with Crippen LogP contribution in [0.3, 0.4) is 0 Å². The van der Waals surface area contributed by atoms with E-state index < -0.39 is 0 Å². The molecular formula is C14H13N3O. The summed E-state index contributed by atoms with van der Waals surface area (Å²) in [6.07, 6.45) is 1.74. The fourth-order valence-corrected chi connectivity index (χ4v) is 2.02. The third kappa shape index (κ3) is 1.72. The summed E-state index contributed by atoms with van der Waals surface area (Å²) in [5.74, 6) is 0. The number of rotatable bonds is 2. The number of benzene rings is 1. The molecule has 0 aliphatic carbocycles. The van der Waals surface area contributed by atoms with Gasteiger partial charge in [0.25, 0.3) is 0 Å². The van der Waals surface area contributed by atoms with Gasteiger partial charge in [0.2, 0.25) is 0 Å². The molecule has 0 unspecified atom stereocenters. The maximum Gasteiger partial charge on any atom is 0.350 e. The van der Waals surface area contributed by atoms with Crippen LogP contribution in [0.25, 0.3) is 5.65 Å². The molecule has 0 fully saturated rings. The molecule has 1 aromatic carbocycles. The topological polar surface area (TPSA) is 39.3 Å². The molecule has 90 valence electrons. The molecule has 2 aromatic heterocycles. The molecule has 0 aliphatic rings. The van der Waals surface area contributed by atoms with Gasteiger partial charge in [-0.05, 0) is 30.2 Å². The van der Waals surface area contributed by atoms with E-state index in [1.807, 2.05) is 49.4 Å². The largest absolute Gasteiger partial charge is 0.350 e. The van der Waals surface area contributed by atoms with Crippen molar-refractivity contribution in [2.24, 2.45) is 0 Å². The van der Waals surface area contributed by atoms with Gasteiger partial charge >= 0.3 is 5.69 Å². The molecule has 0 N–H and O–H groups in total. The predicted molar refractivity (Wildman–Crippen MR) is 69.7 cm³/mol. The normalized spacial score (nSPS) is 10.9. The molecule has 0 saturated carbocycles. The van der Waals surface area contributed by atoms with Gasteiger partial charge in [0.1, 0.15) is 0 Å². The maximum atomic E-state index is 12.1. The number of fused-ring (bicyclic) bond motifs is 1. The minimum absolute atomic E-state index is 0.103. The molecule has 0 bridgehead atoms. The van der Waals surface area contributed by atoms with Crippen molar-refractivity contribution < 1.29 is 0 Å². The molecule has 0 saturated heterocycles. The third-order valence-corrected chi connectivity index (χ3v) is 3.07. The van der Waals surface area contributed by atoms with Crippen LogP contribution in [0.1, 0.15) is 11.1 Å². The number of hydrogen-bond acceptors (Lipinski definition) is 2. The van der Waals surface area contributed by atoms with Crippen molar-refractivity contribution in [3.63, 3.8) is 0 Å². The lowest BCUT2D eigenvalue weighted by Gasteiger charge is -2.03. The molecular weight excluding hydrogens is 226 g/mol. The van der Waals surface area contributed by atoms with Gasteiger partial charge in [-0.15, -0.1) is 5.10 Å². The smallest absolute Gasteiger partial charge is 0.250 e. The zero-order chi connectivity index (χ0) is 12.5. The molecule has 3 aromatic rings. The van der Waals surface area contributed by atoms with Gasteiger partial charge in [-0.1, -0.05) is 30.3 Å². The fourth-order valence-electron chi connectivity index (χ4n) is 2.02. The second-order valence-electron chi connectivity index (χ2n) is 4.30. The highest BCUT2D eigenvalue weighted by Gasteiger charge is 2.07. The van der Waals surface area contributed by atoms with Crippen LogP contribution in [-0.4, -0.2) is 14.2 Å². The van der Waals surface area contributed by atoms with Crippen LogP contribution in [0, 0.1) is 6.92 Å². The van der Waals surface area contributed by atoms with E-state index in [0.29, 0.717) is 12.2 Å². The van der Waals surface area contributed by atoms with Crippen LogP contribution in [0.15, 0.2) is 53.5 Å². The first kappa shape index (κ1) is 10.8. The molecule has 3 rings (SSSR count). The van der Waals surface area contributed by atoms with Gasteiger partial charge in [-0.2, -0.15) is 0 Å². The summed E-state index contributed by atoms with van der Waals surface area (Å²) in [5, 5.41) is 4.32. The van der Waals surface area contributed by atoms with Crippen LogP contribution in [-0.2, 0) is 6.54 Å². The number of nitrogens with zero attached hydrogens (tertiary/aromatic N) is 3. The van der Waals surface area contributed by atoms with E-state index in [1.54, 1.807) is 10.6 Å². The van der Waals surface area contributed by atoms with E-state index in [9.17, 15) is 4.79 Å². The first-order valence-electron chi connectivity index (χ1n) is 5.84. The van der Waals surface area contributed by atoms with Crippen LogP contribution in [0.5, 0.6) is 0 Å². The van der Waals surface area contributed by atoms with Crippen molar-refractivity contribution in [2.45, 2.75) is 13.5 Å². The standard InChI is InChI=1S/C14H13N3O/c1-11-6-2-3-7-12(11)10-17-14(18)16-9-5-4-8-13(16)15-17/h2-9H,10H2,1H3. The molecule has 0 radical (unpaired) electrons. The van der Waals surface area contributed by atoms with Gasteiger partial charge in [-0.25, -0.2) is 9.48 Å². The van der Waals surface area contributed by atoms with Gasteiger partial charge in [0.15, 0.2) is 5.65 Å². The Bertz CT molecular complexity index is 755. The van der Waals surface area contributed by atoms with E-state index in [1.165, 1.54) is 10.2 Å². The molecule has 0 spiro atoms. The Labute approximate surface area is 104 Å². The second-order valence-corrected chi connectivity index (χ2v) is 4.30. The van der Waals surface area contributed by atoms with Crippen LogP contribution in [0.4, 0.5) is 0 Å². The minimum Gasteiger partial charge on any atom is -0.250 e. The van der Waals surface area contributed by atoms with E-state index in [0.717, 1.165) is 5.56 Å². The van der Waals surface area contributed by atoms with Crippen molar-refractivity contribution in [3.8, 4) is 0 Å². The highest BCUT2D eigenvalue weighted by Crippen LogP contribution is 2.08. The maximum absolute atomic E-state index is 12.1. The van der Waals surface area contributed by atoms with E-state index >= 15 is 0 Å². The Morgan fingerprint density at radius 3 is 2.67 bits per heavy atom. The highest BCUT2D eigenvalue weighted by atomic mass is 16.2. The number of pyridine rings is 1. The Kier molecular flexibility index (Phi) is 2.48. The van der Waals surface area contributed by atoms with Crippen molar-refractivity contribution >= 4 is 5.65 Å². The quantitative estimate of drug-likeness (QED) is 0.684. The lowest BCUT2D eigenvalue weighted by molar-refractivity contribution is 0.656. The molecule has 4 heteroatoms. The second kappa shape index (κ2) is 4.14. The van der Waals surface area contributed by atoms with E-state index in [2.05, 4.69) is 5.10 Å². The number of aryl methyl sites for hydroxylation is 1. The molecule has 0 aliphatic heterocycles. The zero-order valence-corrected chi connectivity index (χ0v) is 10.1. The number of aromatic nitrogens is 3. The third-order valence-electron chi connectivity index (χ3n) is 3.07. The predicted octanol–water partition coefficient (Wildman–Crippen LogP) is 1.85. The average Bonchev–Trinajstić information content (AvgIpc) is 2.70. The van der Waals surface area contributed by atoms with Crippen molar-refractivity contribution in [3.05, 3.63) is 70.3 Å². The van der Waals surface area contributed by atoms with Crippen LogP contribution < -0.4 is 5.69 Å². The Morgan fingerprint density at radius 1 is 1.11 bits per heavy atom. The summed E-state index contributed by atoms with van der Waals surface area (Å²) in [6, 6.07) is 13.6. The Morgan fingerprint density at radius 2 is 1.89 bits per heavy atom. The zero-order valence-electron chi connectivity index (χ0n) is 10.1. The van der Waals surface area contributed by atoms with Gasteiger partial charge in [-0.3, -0.25) is 4.40 Å². The molecule has 0 atom stereocenters. The first-order chi connectivity index (χ1) is 8.75. The van der Waals surface area contributed by atoms with Crippen molar-refractivity contribution in [1.29, 1.82) is 0 Å². The summed E-state index contributed by atoms with van der Waals surface area (Å²) in [7, 11) is 0. The first-order valence-corrected chi connectivity index (χ1v) is 5.84. The monoisotopic (exact) mass is 239 g/mol. The number of hydrogen-bond donors (Lipinski definition) is 0. The molecule has 18 heavy (non-hydrogen) atoms. The average molecular weight is 239 g/mol. The van der Waals surface area contributed by atoms with Gasteiger partial charge in [0.05, 0.1) is 6.54 Å². The SMILES string of the molecule is Cc1ccccc1Cn1nc2ccccn2c1=O. The van der Waals surface area contributed by atoms with Gasteiger partial charge in [0, 0.05) is 6.20 Å². The van der Waals surface area contributed by atoms with Crippen LogP contribution in [0.2, 0.25) is 0 Å². The van der Waals surface area contributed by atoms with Crippen molar-refractivity contribution in [2.75, 3.05) is 0 Å². The highest BCUT2D eigenvalue weighted by molar-refractivity contribution is 5.35. The van der Waals surface area contributed by atoms with Crippen LogP contribution >= 0.6 is 0 Å². The van der Waals surface area contributed by atoms with Crippen molar-refractivity contribution in [1.82, 2.24) is 14.2 Å². The summed E-state index contributed by atoms with van der Waals surface area (Å²) < 4.78 is 3.05. The van der Waals surface area contributed by atoms with E-state index in [4.69, 9.17) is 0 Å². The Balaban J connectivity index is 2.09. The molecule has 4 nitrogen and oxygen atoms in total. The summed E-state index contributed by atoms with van der Waals surface area (Å²) in [5.41, 5.74) is 2.86. The summed E-state index contributed by atoms with van der Waals surface area (Å²) in [6.45, 7) is 2.54. The molecule has 2 heterocycles. The van der Waals surface area contributed by atoms with Gasteiger partial charge < -0.3 is 0 Å². The lowest BCUT2D eigenvalue weighted by atomic mass is 10.1. The molecule has 0 amide bonds.